The number of nitrogen functional groups attached to an aromatic ring is 1. The monoisotopic (exact) mass is 583 g/mol. The van der Waals surface area contributed by atoms with E-state index < -0.39 is 0 Å². The van der Waals surface area contributed by atoms with Gasteiger partial charge < -0.3 is 26.0 Å². The molecule has 2 aromatic carbocycles. The van der Waals surface area contributed by atoms with E-state index >= 15 is 0 Å². The van der Waals surface area contributed by atoms with Gasteiger partial charge in [-0.2, -0.15) is 0 Å². The van der Waals surface area contributed by atoms with Gasteiger partial charge >= 0.3 is 0 Å². The van der Waals surface area contributed by atoms with Crippen molar-refractivity contribution in [3.63, 3.8) is 0 Å². The van der Waals surface area contributed by atoms with E-state index in [2.05, 4.69) is 41.0 Å². The molecule has 1 amide bonds. The number of hydrogen-bond donors (Lipinski definition) is 3. The zero-order chi connectivity index (χ0) is 31.1. The Hall–Kier alpha value is -4.24. The smallest absolute Gasteiger partial charge is 0.254 e. The third kappa shape index (κ3) is 7.78. The number of benzene rings is 2. The van der Waals surface area contributed by atoms with E-state index in [4.69, 9.17) is 15.5 Å². The van der Waals surface area contributed by atoms with Crippen molar-refractivity contribution in [3.8, 4) is 5.75 Å². The number of rotatable bonds is 11. The van der Waals surface area contributed by atoms with Gasteiger partial charge in [0.1, 0.15) is 5.75 Å². The number of nitrogens with zero attached hydrogens (tertiary/aromatic N) is 4. The van der Waals surface area contributed by atoms with Crippen LogP contribution in [-0.4, -0.2) is 66.3 Å². The molecule has 9 heteroatoms. The molecule has 2 heterocycles. The fourth-order valence-corrected chi connectivity index (χ4v) is 5.77. The summed E-state index contributed by atoms with van der Waals surface area (Å²) in [5, 5.41) is 7.03. The lowest BCUT2D eigenvalue weighted by Crippen LogP contribution is -2.50. The summed E-state index contributed by atoms with van der Waals surface area (Å²) >= 11 is 0. The molecule has 1 aliphatic rings. The molecule has 0 saturated carbocycles. The molecule has 1 aromatic heterocycles. The van der Waals surface area contributed by atoms with Crippen LogP contribution in [0.4, 0.5) is 17.3 Å². The summed E-state index contributed by atoms with van der Waals surface area (Å²) in [4.78, 5) is 29.0. The second kappa shape index (κ2) is 14.3. The minimum Gasteiger partial charge on any atom is -0.497 e. The Bertz CT molecular complexity index is 1500. The maximum Gasteiger partial charge on any atom is 0.254 e. The van der Waals surface area contributed by atoms with Gasteiger partial charge in [0.2, 0.25) is 5.95 Å². The molecule has 0 bridgehead atoms. The highest BCUT2D eigenvalue weighted by atomic mass is 16.5. The van der Waals surface area contributed by atoms with Crippen molar-refractivity contribution in [2.75, 3.05) is 38.3 Å². The number of hydrogen-bond acceptors (Lipinski definition) is 8. The largest absolute Gasteiger partial charge is 0.497 e. The van der Waals surface area contributed by atoms with Crippen LogP contribution < -0.4 is 21.1 Å². The molecule has 1 saturated heterocycles. The molecule has 2 atom stereocenters. The second-order valence-electron chi connectivity index (χ2n) is 11.3. The van der Waals surface area contributed by atoms with Gasteiger partial charge in [0, 0.05) is 72.3 Å². The summed E-state index contributed by atoms with van der Waals surface area (Å²) in [5.74, 6) is 1.41. The van der Waals surface area contributed by atoms with Gasteiger partial charge in [0.05, 0.1) is 7.11 Å². The first-order valence-electron chi connectivity index (χ1n) is 15.0. The molecule has 0 spiro atoms. The number of likely N-dealkylation sites (tertiary alicyclic amines) is 1. The lowest BCUT2D eigenvalue weighted by molar-refractivity contribution is 0.0602. The van der Waals surface area contributed by atoms with E-state index in [1.54, 1.807) is 20.4 Å². The number of aliphatic imine (C=N–C) groups is 1. The predicted molar refractivity (Wildman–Crippen MR) is 177 cm³/mol. The van der Waals surface area contributed by atoms with Crippen LogP contribution in [0.25, 0.3) is 5.57 Å². The number of amides is 1. The van der Waals surface area contributed by atoms with E-state index in [0.29, 0.717) is 35.4 Å². The average molecular weight is 584 g/mol. The number of ether oxygens (including phenoxy) is 1. The lowest BCUT2D eigenvalue weighted by atomic mass is 9.94. The number of anilines is 3. The Morgan fingerprint density at radius 1 is 1.23 bits per heavy atom. The van der Waals surface area contributed by atoms with Crippen LogP contribution >= 0.6 is 0 Å². The van der Waals surface area contributed by atoms with Crippen LogP contribution in [0.15, 0.2) is 48.1 Å². The van der Waals surface area contributed by atoms with E-state index in [1.807, 2.05) is 55.3 Å². The number of nitrogens with one attached hydrogen (secondary N) is 2. The highest BCUT2D eigenvalue weighted by molar-refractivity contribution is 6.11. The number of piperidine rings is 1. The molecule has 0 radical (unpaired) electrons. The molecule has 3 aromatic rings. The summed E-state index contributed by atoms with van der Waals surface area (Å²) in [6.45, 7) is 13.8. The fourth-order valence-electron chi connectivity index (χ4n) is 5.77. The number of nitrogens with two attached hydrogens (primary N) is 1. The Kier molecular flexibility index (Phi) is 10.5. The van der Waals surface area contributed by atoms with Crippen molar-refractivity contribution >= 4 is 35.0 Å². The molecule has 43 heavy (non-hydrogen) atoms. The molecule has 1 aliphatic heterocycles. The summed E-state index contributed by atoms with van der Waals surface area (Å²) in [6, 6.07) is 10.1. The van der Waals surface area contributed by atoms with Crippen LogP contribution in [-0.2, 0) is 12.8 Å². The predicted octanol–water partition coefficient (Wildman–Crippen LogP) is 5.53. The van der Waals surface area contributed by atoms with Crippen LogP contribution in [0.5, 0.6) is 5.75 Å². The highest BCUT2D eigenvalue weighted by Gasteiger charge is 2.30. The van der Waals surface area contributed by atoms with Gasteiger partial charge in [-0.1, -0.05) is 13.5 Å². The first-order chi connectivity index (χ1) is 20.6. The normalized spacial score (nSPS) is 16.8. The van der Waals surface area contributed by atoms with Gasteiger partial charge in [-0.05, 0) is 99.5 Å². The van der Waals surface area contributed by atoms with Crippen molar-refractivity contribution in [1.82, 2.24) is 20.2 Å². The summed E-state index contributed by atoms with van der Waals surface area (Å²) < 4.78 is 5.39. The van der Waals surface area contributed by atoms with Crippen LogP contribution in [0.1, 0.15) is 65.0 Å². The van der Waals surface area contributed by atoms with Gasteiger partial charge in [-0.3, -0.25) is 9.79 Å². The molecule has 4 rings (SSSR count). The molecule has 9 nitrogen and oxygen atoms in total. The number of aryl methyl sites for hydroxylation is 3. The third-order valence-electron chi connectivity index (χ3n) is 8.05. The van der Waals surface area contributed by atoms with Gasteiger partial charge in [-0.15, -0.1) is 0 Å². The van der Waals surface area contributed by atoms with Crippen molar-refractivity contribution in [1.29, 1.82) is 0 Å². The van der Waals surface area contributed by atoms with Gasteiger partial charge in [-0.25, -0.2) is 9.97 Å². The van der Waals surface area contributed by atoms with Gasteiger partial charge in [0.25, 0.3) is 5.91 Å². The molecule has 228 valence electrons. The summed E-state index contributed by atoms with van der Waals surface area (Å²) in [7, 11) is 3.35. The zero-order valence-corrected chi connectivity index (χ0v) is 26.3. The second-order valence-corrected chi connectivity index (χ2v) is 11.3. The van der Waals surface area contributed by atoms with Crippen molar-refractivity contribution < 1.29 is 9.53 Å². The molecule has 1 fully saturated rings. The first kappa shape index (κ1) is 31.7. The Morgan fingerprint density at radius 3 is 2.72 bits per heavy atom. The lowest BCUT2D eigenvalue weighted by Gasteiger charge is -2.38. The summed E-state index contributed by atoms with van der Waals surface area (Å²) in [5.41, 5.74) is 14.0. The average Bonchev–Trinajstić information content (AvgIpc) is 2.97. The van der Waals surface area contributed by atoms with Crippen molar-refractivity contribution in [2.24, 2.45) is 4.99 Å². The van der Waals surface area contributed by atoms with Crippen molar-refractivity contribution in [2.45, 2.75) is 65.5 Å². The molecule has 4 N–H and O–H groups in total. The third-order valence-corrected chi connectivity index (χ3v) is 8.05. The number of aromatic nitrogens is 2. The number of methoxy groups -OCH3 is 1. The maximum absolute atomic E-state index is 13.6. The standard InChI is InChI=1S/C34H45N7O2/c1-8-32-25(20-38-34(40-32)39-27-13-21(2)14-28(17-27)43-7)9-11-37-26-10-12-41(24(5)16-26)33(42)30-18-29(23(4)19-36-6)31(35)15-22(30)3/h13-15,17-20,24,26,37H,4,8-12,16,35H2,1-3,5-7H3,(H,38,39,40)/t24-,26+/m1/s1. The van der Waals surface area contributed by atoms with Crippen LogP contribution in [0.3, 0.4) is 0 Å². The van der Waals surface area contributed by atoms with E-state index in [0.717, 1.165) is 71.6 Å². The molecular formula is C34H45N7O2. The Labute approximate surface area is 255 Å². The number of carbonyl (C=O) groups excluding carboxylic acids is 1. The first-order valence-corrected chi connectivity index (χ1v) is 15.0. The molecular weight excluding hydrogens is 538 g/mol. The zero-order valence-electron chi connectivity index (χ0n) is 26.3. The molecule has 0 unspecified atom stereocenters. The van der Waals surface area contributed by atoms with E-state index in [1.165, 1.54) is 0 Å². The highest BCUT2D eigenvalue weighted by Crippen LogP contribution is 2.28. The van der Waals surface area contributed by atoms with E-state index in [-0.39, 0.29) is 11.9 Å². The molecule has 0 aliphatic carbocycles. The minimum atomic E-state index is 0.0356. The van der Waals surface area contributed by atoms with Crippen LogP contribution in [0, 0.1) is 13.8 Å². The number of carbonyl (C=O) groups is 1. The quantitative estimate of drug-likeness (QED) is 0.201. The van der Waals surface area contributed by atoms with E-state index in [9.17, 15) is 4.79 Å². The SMILES string of the molecule is C=C(C=NC)c1cc(C(=O)N2CC[C@H](NCCc3cnc(Nc4cc(C)cc(OC)c4)nc3CC)C[C@H]2C)c(C)cc1N. The van der Waals surface area contributed by atoms with Crippen LogP contribution in [0.2, 0.25) is 0 Å². The topological polar surface area (TPSA) is 118 Å². The Balaban J connectivity index is 1.33. The maximum atomic E-state index is 13.6. The summed E-state index contributed by atoms with van der Waals surface area (Å²) in [6.07, 6.45) is 7.05. The number of allylic oxidation sites excluding steroid dienone is 1. The Morgan fingerprint density at radius 2 is 2.02 bits per heavy atom. The van der Waals surface area contributed by atoms with Crippen molar-refractivity contribution in [3.05, 3.63) is 76.6 Å². The fraction of sp³-hybridized carbons (Fsp3) is 0.412. The minimum absolute atomic E-state index is 0.0356. The van der Waals surface area contributed by atoms with Gasteiger partial charge in [0.15, 0.2) is 0 Å².